The molecule has 1 rings (SSSR count). The van der Waals surface area contributed by atoms with Gasteiger partial charge in [0.1, 0.15) is 0 Å². The van der Waals surface area contributed by atoms with E-state index in [1.54, 1.807) is 0 Å². The lowest BCUT2D eigenvalue weighted by molar-refractivity contribution is -0.125. The van der Waals surface area contributed by atoms with Gasteiger partial charge in [0.15, 0.2) is 0 Å². The van der Waals surface area contributed by atoms with E-state index in [0.717, 1.165) is 19.5 Å². The Morgan fingerprint density at radius 3 is 2.94 bits per heavy atom. The predicted octanol–water partition coefficient (Wildman–Crippen LogP) is -0.643. The smallest absolute Gasteiger partial charge is 0.224 e. The lowest BCUT2D eigenvalue weighted by Gasteiger charge is -2.14. The van der Waals surface area contributed by atoms with Gasteiger partial charge in [0.25, 0.3) is 0 Å². The number of hydrogen-bond acceptors (Lipinski definition) is 4. The third kappa shape index (κ3) is 4.47. The Balaban J connectivity index is 2.02. The van der Waals surface area contributed by atoms with Gasteiger partial charge >= 0.3 is 0 Å². The van der Waals surface area contributed by atoms with Gasteiger partial charge in [-0.25, -0.2) is 0 Å². The first-order valence-electron chi connectivity index (χ1n) is 5.92. The number of nitrogens with one attached hydrogen (secondary N) is 2. The van der Waals surface area contributed by atoms with Gasteiger partial charge in [-0.15, -0.1) is 0 Å². The molecule has 0 aromatic rings. The standard InChI is InChI=1S/C11H22N2O3/c1-9-7-12-8-10(9)11(15)13-3-2-5-16-6-4-14/h9-10,12,14H,2-8H2,1H3,(H,13,15)/t9-,10-/m1/s1. The van der Waals surface area contributed by atoms with Gasteiger partial charge in [0.2, 0.25) is 5.91 Å². The number of aliphatic hydroxyl groups is 1. The number of rotatable bonds is 7. The number of ether oxygens (including phenoxy) is 1. The lowest BCUT2D eigenvalue weighted by atomic mass is 9.97. The first-order chi connectivity index (χ1) is 7.75. The van der Waals surface area contributed by atoms with E-state index in [9.17, 15) is 4.79 Å². The van der Waals surface area contributed by atoms with E-state index in [2.05, 4.69) is 17.6 Å². The van der Waals surface area contributed by atoms with Crippen LogP contribution >= 0.6 is 0 Å². The SMILES string of the molecule is C[C@@H]1CNC[C@H]1C(=O)NCCCOCCO. The van der Waals surface area contributed by atoms with E-state index in [1.807, 2.05) is 0 Å². The molecule has 2 atom stereocenters. The molecule has 0 saturated carbocycles. The predicted molar refractivity (Wildman–Crippen MR) is 61.1 cm³/mol. The maximum atomic E-state index is 11.7. The molecule has 0 unspecified atom stereocenters. The largest absolute Gasteiger partial charge is 0.394 e. The Bertz CT molecular complexity index is 211. The topological polar surface area (TPSA) is 70.6 Å². The number of carbonyl (C=O) groups excluding carboxylic acids is 1. The van der Waals surface area contributed by atoms with E-state index in [0.29, 0.717) is 25.7 Å². The van der Waals surface area contributed by atoms with E-state index in [-0.39, 0.29) is 18.4 Å². The van der Waals surface area contributed by atoms with Crippen LogP contribution in [0, 0.1) is 11.8 Å². The molecule has 0 aliphatic carbocycles. The molecule has 0 spiro atoms. The molecule has 1 saturated heterocycles. The highest BCUT2D eigenvalue weighted by Crippen LogP contribution is 2.15. The van der Waals surface area contributed by atoms with E-state index < -0.39 is 0 Å². The summed E-state index contributed by atoms with van der Waals surface area (Å²) in [7, 11) is 0. The molecule has 0 aromatic carbocycles. The highest BCUT2D eigenvalue weighted by molar-refractivity contribution is 5.79. The Hall–Kier alpha value is -0.650. The lowest BCUT2D eigenvalue weighted by Crippen LogP contribution is -2.35. The molecule has 0 aromatic heterocycles. The minimum atomic E-state index is 0.0532. The monoisotopic (exact) mass is 230 g/mol. The average Bonchev–Trinajstić information content (AvgIpc) is 2.69. The van der Waals surface area contributed by atoms with Crippen LogP contribution in [-0.4, -0.2) is 50.5 Å². The minimum Gasteiger partial charge on any atom is -0.394 e. The van der Waals surface area contributed by atoms with Crippen LogP contribution in [0.3, 0.4) is 0 Å². The first kappa shape index (κ1) is 13.4. The highest BCUT2D eigenvalue weighted by atomic mass is 16.5. The Labute approximate surface area is 96.6 Å². The van der Waals surface area contributed by atoms with Crippen molar-refractivity contribution in [1.82, 2.24) is 10.6 Å². The molecule has 16 heavy (non-hydrogen) atoms. The van der Waals surface area contributed by atoms with Gasteiger partial charge in [-0.05, 0) is 18.9 Å². The summed E-state index contributed by atoms with van der Waals surface area (Å²) in [5, 5.41) is 14.6. The average molecular weight is 230 g/mol. The first-order valence-corrected chi connectivity index (χ1v) is 5.92. The molecule has 1 aliphatic rings. The molecule has 5 nitrogen and oxygen atoms in total. The summed E-state index contributed by atoms with van der Waals surface area (Å²) in [5.41, 5.74) is 0. The van der Waals surface area contributed by atoms with Gasteiger partial charge < -0.3 is 20.5 Å². The van der Waals surface area contributed by atoms with Gasteiger partial charge in [-0.2, -0.15) is 0 Å². The molecule has 3 N–H and O–H groups in total. The Morgan fingerprint density at radius 1 is 1.50 bits per heavy atom. The zero-order valence-electron chi connectivity index (χ0n) is 9.87. The van der Waals surface area contributed by atoms with E-state index in [4.69, 9.17) is 9.84 Å². The molecule has 5 heteroatoms. The van der Waals surface area contributed by atoms with Crippen molar-refractivity contribution in [3.63, 3.8) is 0 Å². The third-order valence-electron chi connectivity index (χ3n) is 2.85. The summed E-state index contributed by atoms with van der Waals surface area (Å²) in [6.45, 7) is 5.46. The molecule has 0 radical (unpaired) electrons. The van der Waals surface area contributed by atoms with Gasteiger partial charge in [-0.3, -0.25) is 4.79 Å². The van der Waals surface area contributed by atoms with Crippen molar-refractivity contribution in [1.29, 1.82) is 0 Å². The second-order valence-corrected chi connectivity index (χ2v) is 4.22. The number of aliphatic hydroxyl groups excluding tert-OH is 1. The van der Waals surface area contributed by atoms with Crippen molar-refractivity contribution >= 4 is 5.91 Å². The van der Waals surface area contributed by atoms with Crippen molar-refractivity contribution in [2.45, 2.75) is 13.3 Å². The maximum absolute atomic E-state index is 11.7. The van der Waals surface area contributed by atoms with Crippen molar-refractivity contribution in [3.8, 4) is 0 Å². The van der Waals surface area contributed by atoms with Crippen LogP contribution in [0.15, 0.2) is 0 Å². The van der Waals surface area contributed by atoms with Gasteiger partial charge in [-0.1, -0.05) is 6.92 Å². The fraction of sp³-hybridized carbons (Fsp3) is 0.909. The number of carbonyl (C=O) groups is 1. The summed E-state index contributed by atoms with van der Waals surface area (Å²) >= 11 is 0. The molecule has 0 bridgehead atoms. The second-order valence-electron chi connectivity index (χ2n) is 4.22. The van der Waals surface area contributed by atoms with Crippen LogP contribution in [0.2, 0.25) is 0 Å². The van der Waals surface area contributed by atoms with Crippen molar-refractivity contribution in [2.75, 3.05) is 39.5 Å². The summed E-state index contributed by atoms with van der Waals surface area (Å²) in [6.07, 6.45) is 0.792. The molecule has 94 valence electrons. The number of hydrogen-bond donors (Lipinski definition) is 3. The molecule has 1 fully saturated rings. The van der Waals surface area contributed by atoms with Gasteiger partial charge in [0, 0.05) is 19.7 Å². The van der Waals surface area contributed by atoms with E-state index >= 15 is 0 Å². The molecule has 1 amide bonds. The van der Waals surface area contributed by atoms with Crippen LogP contribution in [0.5, 0.6) is 0 Å². The highest BCUT2D eigenvalue weighted by Gasteiger charge is 2.28. The maximum Gasteiger partial charge on any atom is 0.224 e. The van der Waals surface area contributed by atoms with Crippen LogP contribution in [0.1, 0.15) is 13.3 Å². The third-order valence-corrected chi connectivity index (χ3v) is 2.85. The summed E-state index contributed by atoms with van der Waals surface area (Å²) in [6, 6.07) is 0. The van der Waals surface area contributed by atoms with E-state index in [1.165, 1.54) is 0 Å². The van der Waals surface area contributed by atoms with Crippen LogP contribution in [0.25, 0.3) is 0 Å². The van der Waals surface area contributed by atoms with Crippen molar-refractivity contribution in [3.05, 3.63) is 0 Å². The fourth-order valence-corrected chi connectivity index (χ4v) is 1.84. The molecular formula is C11H22N2O3. The normalized spacial score (nSPS) is 24.6. The summed E-state index contributed by atoms with van der Waals surface area (Å²) in [4.78, 5) is 11.7. The quantitative estimate of drug-likeness (QED) is 0.509. The Kier molecular flexibility index (Phi) is 6.37. The second kappa shape index (κ2) is 7.60. The zero-order valence-corrected chi connectivity index (χ0v) is 9.87. The summed E-state index contributed by atoms with van der Waals surface area (Å²) < 4.78 is 5.10. The van der Waals surface area contributed by atoms with Crippen molar-refractivity contribution in [2.24, 2.45) is 11.8 Å². The van der Waals surface area contributed by atoms with Gasteiger partial charge in [0.05, 0.1) is 19.1 Å². The number of amides is 1. The summed E-state index contributed by atoms with van der Waals surface area (Å²) in [5.74, 6) is 0.670. The van der Waals surface area contributed by atoms with Crippen LogP contribution < -0.4 is 10.6 Å². The van der Waals surface area contributed by atoms with Crippen LogP contribution in [0.4, 0.5) is 0 Å². The molecule has 1 heterocycles. The molecular weight excluding hydrogens is 208 g/mol. The fourth-order valence-electron chi connectivity index (χ4n) is 1.84. The van der Waals surface area contributed by atoms with Crippen molar-refractivity contribution < 1.29 is 14.6 Å². The van der Waals surface area contributed by atoms with Crippen LogP contribution in [-0.2, 0) is 9.53 Å². The molecule has 1 aliphatic heterocycles. The minimum absolute atomic E-state index is 0.0532. The zero-order chi connectivity index (χ0) is 11.8. The Morgan fingerprint density at radius 2 is 2.31 bits per heavy atom.